The van der Waals surface area contributed by atoms with E-state index < -0.39 is 0 Å². The Morgan fingerprint density at radius 1 is 1.10 bits per heavy atom. The fourth-order valence-corrected chi connectivity index (χ4v) is 3.73. The number of aromatic amines is 1. The van der Waals surface area contributed by atoms with Gasteiger partial charge in [0.25, 0.3) is 5.56 Å². The van der Waals surface area contributed by atoms with Gasteiger partial charge in [0, 0.05) is 11.9 Å². The van der Waals surface area contributed by atoms with Gasteiger partial charge in [0.1, 0.15) is 0 Å². The maximum absolute atomic E-state index is 12.1. The molecule has 0 aliphatic heterocycles. The Morgan fingerprint density at radius 2 is 1.67 bits per heavy atom. The van der Waals surface area contributed by atoms with E-state index in [-0.39, 0.29) is 17.2 Å². The molecule has 0 fully saturated rings. The van der Waals surface area contributed by atoms with Crippen LogP contribution in [0.4, 0.5) is 0 Å². The molecule has 4 nitrogen and oxygen atoms in total. The van der Waals surface area contributed by atoms with E-state index in [2.05, 4.69) is 23.2 Å². The zero-order chi connectivity index (χ0) is 15.7. The lowest BCUT2D eigenvalue weighted by Crippen LogP contribution is -2.32. The van der Waals surface area contributed by atoms with Crippen molar-refractivity contribution < 1.29 is 0 Å². The number of nitrogens with zero attached hydrogens (tertiary/aromatic N) is 1. The number of hydrogen-bond acceptors (Lipinski definition) is 3. The second-order valence-electron chi connectivity index (χ2n) is 5.62. The lowest BCUT2D eigenvalue weighted by atomic mass is 10.1. The van der Waals surface area contributed by atoms with Crippen LogP contribution < -0.4 is 11.2 Å². The van der Waals surface area contributed by atoms with Crippen molar-refractivity contribution in [2.75, 3.05) is 0 Å². The quantitative estimate of drug-likeness (QED) is 0.887. The van der Waals surface area contributed by atoms with Crippen molar-refractivity contribution in [3.8, 4) is 0 Å². The number of aromatic nitrogens is 2. The lowest BCUT2D eigenvalue weighted by molar-refractivity contribution is 0.663. The van der Waals surface area contributed by atoms with Crippen LogP contribution in [0.1, 0.15) is 36.5 Å². The SMILES string of the molecule is Cc1cc(C)cc(Sc2c(C(C)C)c(=O)[nH]c(=O)n2C)c1. The summed E-state index contributed by atoms with van der Waals surface area (Å²) in [5.74, 6) is 0.0500. The number of aryl methyl sites for hydroxylation is 2. The van der Waals surface area contributed by atoms with Gasteiger partial charge in [-0.25, -0.2) is 4.79 Å². The molecular formula is C16H20N2O2S. The normalized spacial score (nSPS) is 11.1. The van der Waals surface area contributed by atoms with Crippen LogP contribution in [0.25, 0.3) is 0 Å². The minimum Gasteiger partial charge on any atom is -0.291 e. The smallest absolute Gasteiger partial charge is 0.291 e. The fourth-order valence-electron chi connectivity index (χ4n) is 2.35. The third-order valence-corrected chi connectivity index (χ3v) is 4.45. The maximum atomic E-state index is 12.1. The van der Waals surface area contributed by atoms with E-state index in [1.807, 2.05) is 27.7 Å². The van der Waals surface area contributed by atoms with Crippen LogP contribution in [-0.2, 0) is 7.05 Å². The second kappa shape index (κ2) is 5.93. The van der Waals surface area contributed by atoms with Gasteiger partial charge in [-0.05, 0) is 43.0 Å². The van der Waals surface area contributed by atoms with E-state index in [9.17, 15) is 9.59 Å². The van der Waals surface area contributed by atoms with E-state index in [1.165, 1.54) is 27.5 Å². The van der Waals surface area contributed by atoms with Crippen molar-refractivity contribution in [2.24, 2.45) is 7.05 Å². The van der Waals surface area contributed by atoms with Crippen LogP contribution in [0.5, 0.6) is 0 Å². The molecule has 1 N–H and O–H groups in total. The highest BCUT2D eigenvalue weighted by atomic mass is 32.2. The average Bonchev–Trinajstić information content (AvgIpc) is 2.33. The first-order chi connectivity index (χ1) is 9.79. The number of nitrogens with one attached hydrogen (secondary N) is 1. The first-order valence-electron chi connectivity index (χ1n) is 6.89. The number of hydrogen-bond donors (Lipinski definition) is 1. The highest BCUT2D eigenvalue weighted by Gasteiger charge is 2.17. The third-order valence-electron chi connectivity index (χ3n) is 3.29. The third kappa shape index (κ3) is 3.29. The molecule has 0 atom stereocenters. The molecule has 21 heavy (non-hydrogen) atoms. The highest BCUT2D eigenvalue weighted by molar-refractivity contribution is 7.99. The Morgan fingerprint density at radius 3 is 2.19 bits per heavy atom. The molecule has 1 aromatic heterocycles. The number of H-pyrrole nitrogens is 1. The standard InChI is InChI=1S/C16H20N2O2S/c1-9(2)13-14(19)17-16(20)18(5)15(13)21-12-7-10(3)6-11(4)8-12/h6-9H,1-5H3,(H,17,19,20). The maximum Gasteiger partial charge on any atom is 0.328 e. The highest BCUT2D eigenvalue weighted by Crippen LogP contribution is 2.32. The van der Waals surface area contributed by atoms with E-state index in [1.54, 1.807) is 7.05 Å². The molecule has 1 heterocycles. The van der Waals surface area contributed by atoms with E-state index in [0.717, 1.165) is 4.90 Å². The van der Waals surface area contributed by atoms with Crippen molar-refractivity contribution >= 4 is 11.8 Å². The first kappa shape index (κ1) is 15.6. The molecule has 2 rings (SSSR count). The Balaban J connectivity index is 2.63. The molecule has 0 unspecified atom stereocenters. The molecule has 0 saturated carbocycles. The molecule has 0 saturated heterocycles. The summed E-state index contributed by atoms with van der Waals surface area (Å²) in [4.78, 5) is 27.4. The summed E-state index contributed by atoms with van der Waals surface area (Å²) in [6, 6.07) is 6.23. The van der Waals surface area contributed by atoms with Crippen molar-refractivity contribution in [1.29, 1.82) is 0 Å². The van der Waals surface area contributed by atoms with Gasteiger partial charge in [0.2, 0.25) is 0 Å². The van der Waals surface area contributed by atoms with Gasteiger partial charge >= 0.3 is 5.69 Å². The van der Waals surface area contributed by atoms with Gasteiger partial charge in [-0.2, -0.15) is 0 Å². The molecule has 0 bridgehead atoms. The lowest BCUT2D eigenvalue weighted by Gasteiger charge is -2.15. The summed E-state index contributed by atoms with van der Waals surface area (Å²) in [7, 11) is 1.69. The molecule has 112 valence electrons. The predicted octanol–water partition coefficient (Wildman–Crippen LogP) is 2.97. The first-order valence-corrected chi connectivity index (χ1v) is 7.70. The topological polar surface area (TPSA) is 54.9 Å². The summed E-state index contributed by atoms with van der Waals surface area (Å²) in [6.07, 6.45) is 0. The Labute approximate surface area is 128 Å². The van der Waals surface area contributed by atoms with Gasteiger partial charge in [0.15, 0.2) is 0 Å². The summed E-state index contributed by atoms with van der Waals surface area (Å²) in [5, 5.41) is 0.712. The van der Waals surface area contributed by atoms with Gasteiger partial charge in [-0.15, -0.1) is 0 Å². The molecule has 0 amide bonds. The molecule has 0 aliphatic rings. The monoisotopic (exact) mass is 304 g/mol. The Kier molecular flexibility index (Phi) is 4.42. The average molecular weight is 304 g/mol. The summed E-state index contributed by atoms with van der Waals surface area (Å²) >= 11 is 1.47. The number of benzene rings is 1. The summed E-state index contributed by atoms with van der Waals surface area (Å²) in [6.45, 7) is 8.00. The Hall–Kier alpha value is -1.75. The Bertz CT molecular complexity index is 768. The largest absolute Gasteiger partial charge is 0.328 e. The fraction of sp³-hybridized carbons (Fsp3) is 0.375. The van der Waals surface area contributed by atoms with E-state index in [4.69, 9.17) is 0 Å². The van der Waals surface area contributed by atoms with Crippen molar-refractivity contribution in [3.63, 3.8) is 0 Å². The molecular weight excluding hydrogens is 284 g/mol. The van der Waals surface area contributed by atoms with Crippen molar-refractivity contribution in [1.82, 2.24) is 9.55 Å². The van der Waals surface area contributed by atoms with Crippen LogP contribution in [-0.4, -0.2) is 9.55 Å². The molecule has 0 radical (unpaired) electrons. The summed E-state index contributed by atoms with van der Waals surface area (Å²) in [5.41, 5.74) is 2.31. The van der Waals surface area contributed by atoms with Crippen molar-refractivity contribution in [2.45, 2.75) is 43.5 Å². The molecule has 5 heteroatoms. The van der Waals surface area contributed by atoms with Crippen molar-refractivity contribution in [3.05, 3.63) is 55.7 Å². The van der Waals surface area contributed by atoms with Gasteiger partial charge < -0.3 is 0 Å². The minimum atomic E-state index is -0.378. The molecule has 1 aromatic carbocycles. The predicted molar refractivity (Wildman–Crippen MR) is 86.4 cm³/mol. The van der Waals surface area contributed by atoms with Crippen LogP contribution in [0, 0.1) is 13.8 Å². The van der Waals surface area contributed by atoms with E-state index >= 15 is 0 Å². The zero-order valence-electron chi connectivity index (χ0n) is 13.0. The van der Waals surface area contributed by atoms with Crippen LogP contribution in [0.15, 0.2) is 37.7 Å². The van der Waals surface area contributed by atoms with Gasteiger partial charge in [-0.1, -0.05) is 31.7 Å². The second-order valence-corrected chi connectivity index (χ2v) is 6.68. The van der Waals surface area contributed by atoms with Gasteiger partial charge in [0.05, 0.1) is 10.6 Å². The van der Waals surface area contributed by atoms with Crippen LogP contribution in [0.2, 0.25) is 0 Å². The summed E-state index contributed by atoms with van der Waals surface area (Å²) < 4.78 is 1.51. The molecule has 0 aliphatic carbocycles. The number of rotatable bonds is 3. The van der Waals surface area contributed by atoms with E-state index in [0.29, 0.717) is 10.6 Å². The molecule has 0 spiro atoms. The van der Waals surface area contributed by atoms with Gasteiger partial charge in [-0.3, -0.25) is 14.3 Å². The molecule has 2 aromatic rings. The van der Waals surface area contributed by atoms with Crippen LogP contribution >= 0.6 is 11.8 Å². The van der Waals surface area contributed by atoms with Crippen LogP contribution in [0.3, 0.4) is 0 Å². The minimum absolute atomic E-state index is 0.0500. The zero-order valence-corrected chi connectivity index (χ0v) is 13.8.